The Morgan fingerprint density at radius 1 is 1.21 bits per heavy atom. The van der Waals surface area contributed by atoms with Gasteiger partial charge in [-0.3, -0.25) is 0 Å². The van der Waals surface area contributed by atoms with Crippen LogP contribution in [0.2, 0.25) is 25.7 Å². The first-order valence-corrected chi connectivity index (χ1v) is 10.7. The molecule has 2 rings (SSSR count). The van der Waals surface area contributed by atoms with E-state index in [2.05, 4.69) is 19.6 Å². The normalized spacial score (nSPS) is 39.3. The monoisotopic (exact) mass is 290 g/mol. The lowest BCUT2D eigenvalue weighted by atomic mass is 10.1. The molecule has 2 heterocycles. The van der Waals surface area contributed by atoms with Gasteiger partial charge in [-0.05, 0) is 19.9 Å². The first kappa shape index (κ1) is 15.4. The van der Waals surface area contributed by atoms with Crippen molar-refractivity contribution in [1.29, 1.82) is 0 Å². The van der Waals surface area contributed by atoms with Crippen LogP contribution in [0.15, 0.2) is 0 Å². The van der Waals surface area contributed by atoms with Gasteiger partial charge in [-0.1, -0.05) is 19.6 Å². The topological polar surface area (TPSA) is 68.2 Å². The summed E-state index contributed by atoms with van der Waals surface area (Å²) >= 11 is 0. The van der Waals surface area contributed by atoms with Crippen molar-refractivity contribution in [2.75, 3.05) is 0 Å². The van der Waals surface area contributed by atoms with E-state index >= 15 is 0 Å². The van der Waals surface area contributed by atoms with E-state index in [4.69, 9.17) is 14.2 Å². The Bertz CT molecular complexity index is 327. The highest BCUT2D eigenvalue weighted by Gasteiger charge is 2.54. The number of hydrogen-bond donors (Lipinski definition) is 2. The molecule has 0 bridgehead atoms. The van der Waals surface area contributed by atoms with Gasteiger partial charge in [0, 0.05) is 14.5 Å². The fraction of sp³-hybridized carbons (Fsp3) is 1.00. The molecule has 0 saturated carbocycles. The molecule has 2 unspecified atom stereocenters. The number of hydrogen-bond acceptors (Lipinski definition) is 5. The molecule has 2 N–H and O–H groups in total. The molecule has 0 aromatic carbocycles. The molecule has 0 radical (unpaired) electrons. The molecule has 5 nitrogen and oxygen atoms in total. The second kappa shape index (κ2) is 5.09. The zero-order valence-electron chi connectivity index (χ0n) is 12.4. The lowest BCUT2D eigenvalue weighted by Crippen LogP contribution is -2.37. The Morgan fingerprint density at radius 3 is 2.37 bits per heavy atom. The predicted molar refractivity (Wildman–Crippen MR) is 73.5 cm³/mol. The van der Waals surface area contributed by atoms with Gasteiger partial charge in [-0.2, -0.15) is 0 Å². The maximum absolute atomic E-state index is 10.2. The van der Waals surface area contributed by atoms with Crippen molar-refractivity contribution >= 4 is 8.07 Å². The van der Waals surface area contributed by atoms with Gasteiger partial charge < -0.3 is 24.4 Å². The van der Waals surface area contributed by atoms with Crippen molar-refractivity contribution in [2.24, 2.45) is 0 Å². The highest BCUT2D eigenvalue weighted by atomic mass is 28.3. The van der Waals surface area contributed by atoms with Crippen LogP contribution in [-0.2, 0) is 14.2 Å². The first-order valence-electron chi connectivity index (χ1n) is 6.95. The summed E-state index contributed by atoms with van der Waals surface area (Å²) in [5.74, 6) is -0.710. The maximum Gasteiger partial charge on any atom is 0.190 e. The Labute approximate surface area is 115 Å². The molecular weight excluding hydrogens is 264 g/mol. The molecule has 2 saturated heterocycles. The zero-order valence-corrected chi connectivity index (χ0v) is 13.4. The van der Waals surface area contributed by atoms with Gasteiger partial charge in [-0.25, -0.2) is 0 Å². The van der Waals surface area contributed by atoms with Crippen LogP contribution in [0.3, 0.4) is 0 Å². The predicted octanol–water partition coefficient (Wildman–Crippen LogP) is 1.31. The average molecular weight is 290 g/mol. The molecule has 0 aromatic rings. The fourth-order valence-electron chi connectivity index (χ4n) is 2.81. The molecule has 0 aliphatic carbocycles. The summed E-state index contributed by atoms with van der Waals surface area (Å²) in [7, 11) is -1.32. The van der Waals surface area contributed by atoms with E-state index in [0.717, 1.165) is 6.04 Å². The molecule has 19 heavy (non-hydrogen) atoms. The van der Waals surface area contributed by atoms with E-state index in [9.17, 15) is 10.2 Å². The number of ether oxygens (including phenoxy) is 3. The standard InChI is InChI=1S/C13H26O5Si/c1-13(2)17-11-10(15)9(16-12(11)18-13)6-8(14)7-19(3,4)5/h8-12,14-15H,6-7H2,1-5H3/t8?,9-,10+,11?,12-/m1/s1. The first-order chi connectivity index (χ1) is 8.57. The quantitative estimate of drug-likeness (QED) is 0.764. The van der Waals surface area contributed by atoms with Crippen molar-refractivity contribution in [1.82, 2.24) is 0 Å². The number of aliphatic hydroxyl groups is 2. The second-order valence-corrected chi connectivity index (χ2v) is 12.8. The van der Waals surface area contributed by atoms with E-state index in [1.54, 1.807) is 13.8 Å². The minimum absolute atomic E-state index is 0.405. The molecule has 0 amide bonds. The van der Waals surface area contributed by atoms with E-state index in [1.165, 1.54) is 0 Å². The summed E-state index contributed by atoms with van der Waals surface area (Å²) in [6, 6.07) is 0.808. The van der Waals surface area contributed by atoms with Crippen LogP contribution in [0.1, 0.15) is 20.3 Å². The van der Waals surface area contributed by atoms with Gasteiger partial charge in [0.15, 0.2) is 12.1 Å². The van der Waals surface area contributed by atoms with Gasteiger partial charge in [0.2, 0.25) is 0 Å². The van der Waals surface area contributed by atoms with Crippen molar-refractivity contribution < 1.29 is 24.4 Å². The van der Waals surface area contributed by atoms with Crippen molar-refractivity contribution in [3.63, 3.8) is 0 Å². The molecule has 0 spiro atoms. The third kappa shape index (κ3) is 3.77. The SMILES string of the molecule is CC1(C)OC2[C@H](O[C@H](CC(O)C[Si](C)(C)C)[C@@H]2O)O1. The van der Waals surface area contributed by atoms with Crippen molar-refractivity contribution in [3.8, 4) is 0 Å². The van der Waals surface area contributed by atoms with Gasteiger partial charge >= 0.3 is 0 Å². The largest absolute Gasteiger partial charge is 0.393 e. The molecule has 6 heteroatoms. The van der Waals surface area contributed by atoms with Crippen LogP contribution in [0.4, 0.5) is 0 Å². The lowest BCUT2D eigenvalue weighted by Gasteiger charge is -2.26. The summed E-state index contributed by atoms with van der Waals surface area (Å²) in [5, 5.41) is 20.3. The second-order valence-electron chi connectivity index (χ2n) is 7.29. The molecular formula is C13H26O5Si. The minimum atomic E-state index is -1.32. The Morgan fingerprint density at radius 2 is 1.84 bits per heavy atom. The summed E-state index contributed by atoms with van der Waals surface area (Å²) in [4.78, 5) is 0. The average Bonchev–Trinajstić information content (AvgIpc) is 2.60. The maximum atomic E-state index is 10.2. The molecule has 2 fully saturated rings. The molecule has 2 aliphatic heterocycles. The molecule has 2 aliphatic rings. The summed E-state index contributed by atoms with van der Waals surface area (Å²) in [5.41, 5.74) is 0. The summed E-state index contributed by atoms with van der Waals surface area (Å²) in [6.07, 6.45) is -2.10. The van der Waals surface area contributed by atoms with Crippen molar-refractivity contribution in [2.45, 2.75) is 82.4 Å². The Kier molecular flexibility index (Phi) is 4.13. The van der Waals surface area contributed by atoms with Crippen molar-refractivity contribution in [3.05, 3.63) is 0 Å². The van der Waals surface area contributed by atoms with Gasteiger partial charge in [0.1, 0.15) is 12.2 Å². The van der Waals surface area contributed by atoms with E-state index in [0.29, 0.717) is 6.42 Å². The van der Waals surface area contributed by atoms with E-state index in [-0.39, 0.29) is 0 Å². The van der Waals surface area contributed by atoms with Gasteiger partial charge in [0.05, 0.1) is 12.2 Å². The third-order valence-electron chi connectivity index (χ3n) is 3.47. The highest BCUT2D eigenvalue weighted by molar-refractivity contribution is 6.76. The Balaban J connectivity index is 1.88. The highest BCUT2D eigenvalue weighted by Crippen LogP contribution is 2.38. The summed E-state index contributed by atoms with van der Waals surface area (Å²) < 4.78 is 16.9. The Hall–Kier alpha value is 0.0169. The van der Waals surface area contributed by atoms with Crippen LogP contribution >= 0.6 is 0 Å². The van der Waals surface area contributed by atoms with Crippen LogP contribution in [0.5, 0.6) is 0 Å². The third-order valence-corrected chi connectivity index (χ3v) is 5.16. The summed E-state index contributed by atoms with van der Waals surface area (Å²) in [6.45, 7) is 10.2. The fourth-order valence-corrected chi connectivity index (χ4v) is 4.39. The van der Waals surface area contributed by atoms with Gasteiger partial charge in [-0.15, -0.1) is 0 Å². The van der Waals surface area contributed by atoms with E-state index in [1.807, 2.05) is 0 Å². The minimum Gasteiger partial charge on any atom is -0.393 e. The van der Waals surface area contributed by atoms with Crippen LogP contribution in [-0.4, -0.2) is 54.8 Å². The number of fused-ring (bicyclic) bond motifs is 1. The van der Waals surface area contributed by atoms with Crippen LogP contribution in [0, 0.1) is 0 Å². The van der Waals surface area contributed by atoms with Crippen LogP contribution in [0.25, 0.3) is 0 Å². The van der Waals surface area contributed by atoms with Gasteiger partial charge in [0.25, 0.3) is 0 Å². The van der Waals surface area contributed by atoms with Crippen LogP contribution < -0.4 is 0 Å². The molecule has 112 valence electrons. The van der Waals surface area contributed by atoms with E-state index < -0.39 is 44.6 Å². The number of aliphatic hydroxyl groups excluding tert-OH is 2. The lowest BCUT2D eigenvalue weighted by molar-refractivity contribution is -0.217. The molecule has 5 atom stereocenters. The number of rotatable bonds is 4. The zero-order chi connectivity index (χ0) is 14.4. The smallest absolute Gasteiger partial charge is 0.190 e. The molecule has 0 aromatic heterocycles.